The number of halogens is 1. The number of amides is 1. The van der Waals surface area contributed by atoms with Crippen LogP contribution in [0.25, 0.3) is 0 Å². The number of rotatable bonds is 3. The van der Waals surface area contributed by atoms with Gasteiger partial charge in [0.25, 0.3) is 0 Å². The SMILES string of the molecule is Cc1csc(CNC(=O)C(C)Cl)c1. The molecule has 0 saturated heterocycles. The highest BCUT2D eigenvalue weighted by Gasteiger charge is 2.08. The number of carbonyl (C=O) groups excluding carboxylic acids is 1. The minimum Gasteiger partial charge on any atom is -0.350 e. The summed E-state index contributed by atoms with van der Waals surface area (Å²) >= 11 is 7.24. The molecule has 0 aliphatic heterocycles. The number of hydrogen-bond acceptors (Lipinski definition) is 2. The van der Waals surface area contributed by atoms with E-state index >= 15 is 0 Å². The molecular weight excluding hydrogens is 206 g/mol. The van der Waals surface area contributed by atoms with Crippen molar-refractivity contribution >= 4 is 28.8 Å². The number of carbonyl (C=O) groups is 1. The van der Waals surface area contributed by atoms with E-state index in [2.05, 4.69) is 16.8 Å². The molecule has 0 aliphatic carbocycles. The summed E-state index contributed by atoms with van der Waals surface area (Å²) in [4.78, 5) is 12.2. The number of hydrogen-bond donors (Lipinski definition) is 1. The summed E-state index contributed by atoms with van der Waals surface area (Å²) in [5.41, 5.74) is 1.23. The lowest BCUT2D eigenvalue weighted by Gasteiger charge is -2.03. The van der Waals surface area contributed by atoms with Crippen molar-refractivity contribution in [1.29, 1.82) is 0 Å². The van der Waals surface area contributed by atoms with Gasteiger partial charge in [-0.25, -0.2) is 0 Å². The molecule has 4 heteroatoms. The molecule has 13 heavy (non-hydrogen) atoms. The molecule has 1 amide bonds. The van der Waals surface area contributed by atoms with Gasteiger partial charge in [-0.3, -0.25) is 4.79 Å². The van der Waals surface area contributed by atoms with Crippen LogP contribution in [-0.2, 0) is 11.3 Å². The molecule has 1 atom stereocenters. The second-order valence-electron chi connectivity index (χ2n) is 2.92. The molecular formula is C9H12ClNOS. The summed E-state index contributed by atoms with van der Waals surface area (Å²) in [6.45, 7) is 4.27. The molecule has 0 aromatic carbocycles. The van der Waals surface area contributed by atoms with Crippen molar-refractivity contribution in [2.24, 2.45) is 0 Å². The van der Waals surface area contributed by atoms with Crippen LogP contribution >= 0.6 is 22.9 Å². The topological polar surface area (TPSA) is 29.1 Å². The zero-order chi connectivity index (χ0) is 9.84. The third-order valence-corrected chi connectivity index (χ3v) is 2.84. The first-order chi connectivity index (χ1) is 6.09. The molecule has 2 nitrogen and oxygen atoms in total. The van der Waals surface area contributed by atoms with Crippen molar-refractivity contribution in [1.82, 2.24) is 5.32 Å². The Balaban J connectivity index is 2.39. The van der Waals surface area contributed by atoms with Crippen molar-refractivity contribution in [2.45, 2.75) is 25.8 Å². The molecule has 0 aliphatic rings. The lowest BCUT2D eigenvalue weighted by atomic mass is 10.3. The second kappa shape index (κ2) is 4.63. The van der Waals surface area contributed by atoms with Crippen LogP contribution in [0.15, 0.2) is 11.4 Å². The van der Waals surface area contributed by atoms with E-state index in [1.165, 1.54) is 5.56 Å². The van der Waals surface area contributed by atoms with Gasteiger partial charge in [-0.2, -0.15) is 0 Å². The van der Waals surface area contributed by atoms with Gasteiger partial charge in [0.05, 0.1) is 6.54 Å². The number of aryl methyl sites for hydroxylation is 1. The Labute approximate surface area is 86.9 Å². The fraction of sp³-hybridized carbons (Fsp3) is 0.444. The summed E-state index contributed by atoms with van der Waals surface area (Å²) < 4.78 is 0. The lowest BCUT2D eigenvalue weighted by molar-refractivity contribution is -0.120. The number of alkyl halides is 1. The van der Waals surface area contributed by atoms with Crippen LogP contribution in [0, 0.1) is 6.92 Å². The Morgan fingerprint density at radius 2 is 2.46 bits per heavy atom. The molecule has 0 bridgehead atoms. The van der Waals surface area contributed by atoms with Crippen LogP contribution in [0.1, 0.15) is 17.4 Å². The fourth-order valence-electron chi connectivity index (χ4n) is 0.898. The van der Waals surface area contributed by atoms with E-state index in [-0.39, 0.29) is 5.91 Å². The lowest BCUT2D eigenvalue weighted by Crippen LogP contribution is -2.28. The zero-order valence-electron chi connectivity index (χ0n) is 7.63. The minimum absolute atomic E-state index is 0.118. The van der Waals surface area contributed by atoms with Crippen molar-refractivity contribution in [3.63, 3.8) is 0 Å². The first-order valence-electron chi connectivity index (χ1n) is 4.05. The molecule has 1 N–H and O–H groups in total. The maximum atomic E-state index is 11.1. The van der Waals surface area contributed by atoms with Gasteiger partial charge in [0.1, 0.15) is 5.38 Å². The number of nitrogens with one attached hydrogen (secondary N) is 1. The van der Waals surface area contributed by atoms with E-state index in [0.717, 1.165) is 4.88 Å². The molecule has 0 saturated carbocycles. The van der Waals surface area contributed by atoms with E-state index < -0.39 is 5.38 Å². The molecule has 72 valence electrons. The zero-order valence-corrected chi connectivity index (χ0v) is 9.21. The fourth-order valence-corrected chi connectivity index (χ4v) is 1.79. The second-order valence-corrected chi connectivity index (χ2v) is 4.57. The van der Waals surface area contributed by atoms with Crippen molar-refractivity contribution < 1.29 is 4.79 Å². The first kappa shape index (κ1) is 10.5. The molecule has 1 aromatic rings. The van der Waals surface area contributed by atoms with Crippen molar-refractivity contribution in [3.8, 4) is 0 Å². The smallest absolute Gasteiger partial charge is 0.238 e. The van der Waals surface area contributed by atoms with Gasteiger partial charge in [-0.1, -0.05) is 0 Å². The highest BCUT2D eigenvalue weighted by molar-refractivity contribution is 7.10. The summed E-state index contributed by atoms with van der Waals surface area (Å²) in [7, 11) is 0. The monoisotopic (exact) mass is 217 g/mol. The van der Waals surface area contributed by atoms with Crippen molar-refractivity contribution in [2.75, 3.05) is 0 Å². The summed E-state index contributed by atoms with van der Waals surface area (Å²) in [5.74, 6) is -0.118. The molecule has 1 rings (SSSR count). The Bertz CT molecular complexity index is 296. The predicted octanol–water partition coefficient (Wildman–Crippen LogP) is 2.30. The van der Waals surface area contributed by atoms with Crippen LogP contribution in [0.4, 0.5) is 0 Å². The van der Waals surface area contributed by atoms with Gasteiger partial charge >= 0.3 is 0 Å². The molecule has 0 fully saturated rings. The first-order valence-corrected chi connectivity index (χ1v) is 5.37. The van der Waals surface area contributed by atoms with Crippen LogP contribution < -0.4 is 5.32 Å². The van der Waals surface area contributed by atoms with E-state index in [0.29, 0.717) is 6.54 Å². The van der Waals surface area contributed by atoms with E-state index in [1.807, 2.05) is 6.92 Å². The maximum Gasteiger partial charge on any atom is 0.238 e. The van der Waals surface area contributed by atoms with Gasteiger partial charge in [0.15, 0.2) is 0 Å². The molecule has 0 spiro atoms. The summed E-state index contributed by atoms with van der Waals surface area (Å²) in [5, 5.41) is 4.36. The van der Waals surface area contributed by atoms with E-state index in [4.69, 9.17) is 11.6 Å². The molecule has 1 heterocycles. The van der Waals surface area contributed by atoms with Crippen LogP contribution in [0.3, 0.4) is 0 Å². The highest BCUT2D eigenvalue weighted by Crippen LogP contribution is 2.13. The third kappa shape index (κ3) is 3.36. The summed E-state index contributed by atoms with van der Waals surface area (Å²) in [6.07, 6.45) is 0. The van der Waals surface area contributed by atoms with Crippen LogP contribution in [-0.4, -0.2) is 11.3 Å². The highest BCUT2D eigenvalue weighted by atomic mass is 35.5. The Hall–Kier alpha value is -0.540. The minimum atomic E-state index is -0.457. The van der Waals surface area contributed by atoms with E-state index in [9.17, 15) is 4.79 Å². The average Bonchev–Trinajstić information content (AvgIpc) is 2.47. The maximum absolute atomic E-state index is 11.1. The van der Waals surface area contributed by atoms with Gasteiger partial charge in [0, 0.05) is 4.88 Å². The normalized spacial score (nSPS) is 12.5. The van der Waals surface area contributed by atoms with Crippen LogP contribution in [0.5, 0.6) is 0 Å². The standard InChI is InChI=1S/C9H12ClNOS/c1-6-3-8(13-5-6)4-11-9(12)7(2)10/h3,5,7H,4H2,1-2H3,(H,11,12). The Morgan fingerprint density at radius 3 is 2.92 bits per heavy atom. The van der Waals surface area contributed by atoms with Gasteiger partial charge in [-0.15, -0.1) is 22.9 Å². The van der Waals surface area contributed by atoms with Gasteiger partial charge < -0.3 is 5.32 Å². The Kier molecular flexibility index (Phi) is 3.75. The Morgan fingerprint density at radius 1 is 1.77 bits per heavy atom. The van der Waals surface area contributed by atoms with Gasteiger partial charge in [-0.05, 0) is 30.9 Å². The third-order valence-electron chi connectivity index (χ3n) is 1.58. The molecule has 1 aromatic heterocycles. The quantitative estimate of drug-likeness (QED) is 0.774. The average molecular weight is 218 g/mol. The van der Waals surface area contributed by atoms with Crippen LogP contribution in [0.2, 0.25) is 0 Å². The largest absolute Gasteiger partial charge is 0.350 e. The molecule has 1 unspecified atom stereocenters. The van der Waals surface area contributed by atoms with E-state index in [1.54, 1.807) is 18.3 Å². The molecule has 0 radical (unpaired) electrons. The van der Waals surface area contributed by atoms with Crippen molar-refractivity contribution in [3.05, 3.63) is 21.9 Å². The number of thiophene rings is 1. The predicted molar refractivity (Wildman–Crippen MR) is 56.2 cm³/mol. The van der Waals surface area contributed by atoms with Gasteiger partial charge in [0.2, 0.25) is 5.91 Å². The summed E-state index contributed by atoms with van der Waals surface area (Å²) in [6, 6.07) is 2.06.